The number of aromatic nitrogens is 5. The van der Waals surface area contributed by atoms with Crippen molar-refractivity contribution in [1.29, 1.82) is 0 Å². The average molecular weight is 452 g/mol. The van der Waals surface area contributed by atoms with Crippen LogP contribution < -0.4 is 0 Å². The maximum Gasteiger partial charge on any atom is 0.192 e. The molecule has 0 aliphatic heterocycles. The highest BCUT2D eigenvalue weighted by molar-refractivity contribution is 9.10. The summed E-state index contributed by atoms with van der Waals surface area (Å²) in [5.41, 5.74) is 4.75. The number of nitrogens with zero attached hydrogens (tertiary/aromatic N) is 5. The second kappa shape index (κ2) is 8.24. The van der Waals surface area contributed by atoms with E-state index in [2.05, 4.69) is 42.3 Å². The molecule has 2 aromatic heterocycles. The zero-order valence-corrected chi connectivity index (χ0v) is 17.7. The van der Waals surface area contributed by atoms with Crippen molar-refractivity contribution in [3.05, 3.63) is 77.0 Å². The quantitative estimate of drug-likeness (QED) is 0.288. The number of aryl methyl sites for hydroxylation is 1. The van der Waals surface area contributed by atoms with Crippen LogP contribution in [0.1, 0.15) is 11.4 Å². The molecule has 0 radical (unpaired) electrons. The lowest BCUT2D eigenvalue weighted by Gasteiger charge is -2.09. The molecule has 28 heavy (non-hydrogen) atoms. The number of rotatable bonds is 6. The summed E-state index contributed by atoms with van der Waals surface area (Å²) in [6, 6.07) is 16.0. The van der Waals surface area contributed by atoms with Crippen LogP contribution in [0.3, 0.4) is 0 Å². The molecule has 5 nitrogen and oxygen atoms in total. The third-order valence-electron chi connectivity index (χ3n) is 4.31. The second-order valence-electron chi connectivity index (χ2n) is 6.25. The normalized spacial score (nSPS) is 11.1. The summed E-state index contributed by atoms with van der Waals surface area (Å²) in [6.45, 7) is 6.52. The van der Waals surface area contributed by atoms with E-state index in [4.69, 9.17) is 4.98 Å². The predicted octanol–water partition coefficient (Wildman–Crippen LogP) is 5.44. The monoisotopic (exact) mass is 451 g/mol. The zero-order chi connectivity index (χ0) is 19.5. The van der Waals surface area contributed by atoms with Crippen molar-refractivity contribution in [3.8, 4) is 11.4 Å². The fourth-order valence-electron chi connectivity index (χ4n) is 2.90. The molecule has 0 saturated heterocycles. The molecular formula is C21H18BrN5S. The molecule has 140 valence electrons. The van der Waals surface area contributed by atoms with Crippen LogP contribution in [-0.2, 0) is 12.3 Å². The lowest BCUT2D eigenvalue weighted by atomic mass is 10.2. The number of para-hydroxylation sites is 2. The Morgan fingerprint density at radius 2 is 1.75 bits per heavy atom. The van der Waals surface area contributed by atoms with Gasteiger partial charge in [-0.05, 0) is 31.2 Å². The molecule has 0 aliphatic carbocycles. The first-order valence-corrected chi connectivity index (χ1v) is 10.6. The first-order valence-electron chi connectivity index (χ1n) is 8.81. The highest BCUT2D eigenvalue weighted by atomic mass is 79.9. The Labute approximate surface area is 176 Å². The van der Waals surface area contributed by atoms with Gasteiger partial charge in [0.15, 0.2) is 11.0 Å². The van der Waals surface area contributed by atoms with E-state index < -0.39 is 0 Å². The fraction of sp³-hybridized carbons (Fsp3) is 0.143. The maximum atomic E-state index is 4.77. The van der Waals surface area contributed by atoms with Crippen LogP contribution in [-0.4, -0.2) is 24.7 Å². The minimum Gasteiger partial charge on any atom is -0.298 e. The van der Waals surface area contributed by atoms with Crippen LogP contribution >= 0.6 is 27.7 Å². The van der Waals surface area contributed by atoms with Gasteiger partial charge in [0.25, 0.3) is 0 Å². The van der Waals surface area contributed by atoms with Crippen molar-refractivity contribution in [1.82, 2.24) is 24.7 Å². The minimum absolute atomic E-state index is 0.642. The Morgan fingerprint density at radius 1 is 1.04 bits per heavy atom. The highest BCUT2D eigenvalue weighted by Crippen LogP contribution is 2.28. The fourth-order valence-corrected chi connectivity index (χ4v) is 4.12. The van der Waals surface area contributed by atoms with Crippen molar-refractivity contribution < 1.29 is 0 Å². The third kappa shape index (κ3) is 3.86. The van der Waals surface area contributed by atoms with Crippen LogP contribution in [0, 0.1) is 6.92 Å². The second-order valence-corrected chi connectivity index (χ2v) is 8.10. The number of hydrogen-bond donors (Lipinski definition) is 0. The Kier molecular flexibility index (Phi) is 5.54. The summed E-state index contributed by atoms with van der Waals surface area (Å²) >= 11 is 5.08. The van der Waals surface area contributed by atoms with Crippen molar-refractivity contribution in [2.45, 2.75) is 24.4 Å². The summed E-state index contributed by atoms with van der Waals surface area (Å²) < 4.78 is 3.11. The molecule has 2 aromatic carbocycles. The molecule has 7 heteroatoms. The van der Waals surface area contributed by atoms with E-state index >= 15 is 0 Å². The number of fused-ring (bicyclic) bond motifs is 1. The molecule has 0 unspecified atom stereocenters. The van der Waals surface area contributed by atoms with Crippen molar-refractivity contribution in [2.75, 3.05) is 0 Å². The predicted molar refractivity (Wildman–Crippen MR) is 117 cm³/mol. The lowest BCUT2D eigenvalue weighted by molar-refractivity contribution is 0.731. The molecule has 0 aliphatic rings. The van der Waals surface area contributed by atoms with Crippen molar-refractivity contribution in [3.63, 3.8) is 0 Å². The van der Waals surface area contributed by atoms with Gasteiger partial charge in [0.2, 0.25) is 0 Å². The Balaban J connectivity index is 1.62. The van der Waals surface area contributed by atoms with E-state index in [9.17, 15) is 0 Å². The molecule has 0 atom stereocenters. The molecular weight excluding hydrogens is 434 g/mol. The van der Waals surface area contributed by atoms with Gasteiger partial charge in [-0.3, -0.25) is 4.57 Å². The van der Waals surface area contributed by atoms with E-state index in [1.807, 2.05) is 61.5 Å². The van der Waals surface area contributed by atoms with E-state index in [1.165, 1.54) is 0 Å². The summed E-state index contributed by atoms with van der Waals surface area (Å²) in [4.78, 5) is 9.44. The van der Waals surface area contributed by atoms with Crippen LogP contribution in [0.5, 0.6) is 0 Å². The van der Waals surface area contributed by atoms with E-state index in [1.54, 1.807) is 11.8 Å². The Morgan fingerprint density at radius 3 is 2.46 bits per heavy atom. The van der Waals surface area contributed by atoms with Crippen LogP contribution in [0.2, 0.25) is 0 Å². The molecule has 4 aromatic rings. The minimum atomic E-state index is 0.642. The molecule has 0 amide bonds. The van der Waals surface area contributed by atoms with Gasteiger partial charge in [-0.15, -0.1) is 16.8 Å². The van der Waals surface area contributed by atoms with Gasteiger partial charge in [-0.25, -0.2) is 9.97 Å². The van der Waals surface area contributed by atoms with Gasteiger partial charge in [0, 0.05) is 22.3 Å². The van der Waals surface area contributed by atoms with Gasteiger partial charge in [-0.2, -0.15) is 0 Å². The number of halogens is 1. The SMILES string of the molecule is C=CCn1c(SCc2nc3ccccc3nc2C)nnc1-c1ccc(Br)cc1. The topological polar surface area (TPSA) is 56.5 Å². The smallest absolute Gasteiger partial charge is 0.192 e. The third-order valence-corrected chi connectivity index (χ3v) is 5.82. The van der Waals surface area contributed by atoms with Crippen molar-refractivity contribution in [2.24, 2.45) is 0 Å². The molecule has 0 saturated carbocycles. The standard InChI is InChI=1S/C21H18BrN5S/c1-3-12-27-20(15-8-10-16(22)11-9-15)25-26-21(27)28-13-19-14(2)23-17-6-4-5-7-18(17)24-19/h3-11H,1,12-13H2,2H3. The summed E-state index contributed by atoms with van der Waals surface area (Å²) in [5, 5.41) is 9.66. The molecule has 0 N–H and O–H groups in total. The summed E-state index contributed by atoms with van der Waals surface area (Å²) in [5.74, 6) is 1.51. The molecule has 0 spiro atoms. The first kappa shape index (κ1) is 18.8. The van der Waals surface area contributed by atoms with Crippen LogP contribution in [0.15, 0.2) is 70.8 Å². The van der Waals surface area contributed by atoms with Gasteiger partial charge in [0.05, 0.1) is 22.4 Å². The number of hydrogen-bond acceptors (Lipinski definition) is 5. The number of thioether (sulfide) groups is 1. The van der Waals surface area contributed by atoms with Crippen LogP contribution in [0.25, 0.3) is 22.4 Å². The van der Waals surface area contributed by atoms with Gasteiger partial charge in [0.1, 0.15) is 0 Å². The highest BCUT2D eigenvalue weighted by Gasteiger charge is 2.15. The maximum absolute atomic E-state index is 4.77. The van der Waals surface area contributed by atoms with E-state index in [-0.39, 0.29) is 0 Å². The molecule has 0 fully saturated rings. The van der Waals surface area contributed by atoms with Crippen molar-refractivity contribution >= 4 is 38.7 Å². The van der Waals surface area contributed by atoms with Crippen LogP contribution in [0.4, 0.5) is 0 Å². The Hall–Kier alpha value is -2.51. The largest absolute Gasteiger partial charge is 0.298 e. The van der Waals surface area contributed by atoms with E-state index in [0.717, 1.165) is 43.4 Å². The van der Waals surface area contributed by atoms with Gasteiger partial charge >= 0.3 is 0 Å². The molecule has 0 bridgehead atoms. The average Bonchev–Trinajstić information content (AvgIpc) is 3.10. The van der Waals surface area contributed by atoms with Gasteiger partial charge in [-0.1, -0.05) is 58.0 Å². The number of allylic oxidation sites excluding steroid dienone is 1. The zero-order valence-electron chi connectivity index (χ0n) is 15.3. The first-order chi connectivity index (χ1) is 13.7. The lowest BCUT2D eigenvalue weighted by Crippen LogP contribution is -2.02. The molecule has 2 heterocycles. The summed E-state index contributed by atoms with van der Waals surface area (Å²) in [6.07, 6.45) is 1.86. The molecule has 4 rings (SSSR count). The number of benzene rings is 2. The van der Waals surface area contributed by atoms with E-state index in [0.29, 0.717) is 12.3 Å². The van der Waals surface area contributed by atoms with Gasteiger partial charge < -0.3 is 0 Å². The summed E-state index contributed by atoms with van der Waals surface area (Å²) in [7, 11) is 0. The Bertz CT molecular complexity index is 1140.